The third-order valence-electron chi connectivity index (χ3n) is 2.88. The quantitative estimate of drug-likeness (QED) is 0.711. The van der Waals surface area contributed by atoms with Gasteiger partial charge in [0.15, 0.2) is 0 Å². The van der Waals surface area contributed by atoms with Crippen molar-refractivity contribution < 1.29 is 14.3 Å². The molecule has 0 aliphatic rings. The van der Waals surface area contributed by atoms with Gasteiger partial charge in [0.2, 0.25) is 0 Å². The number of anilines is 2. The van der Waals surface area contributed by atoms with E-state index in [1.54, 1.807) is 19.4 Å². The summed E-state index contributed by atoms with van der Waals surface area (Å²) in [6.45, 7) is 2.85. The van der Waals surface area contributed by atoms with Crippen molar-refractivity contribution in [3.8, 4) is 5.75 Å². The molecule has 1 amide bonds. The van der Waals surface area contributed by atoms with Crippen molar-refractivity contribution in [2.75, 3.05) is 31.4 Å². The maximum Gasteiger partial charge on any atom is 0.272 e. The largest absolute Gasteiger partial charge is 0.489 e. The molecule has 1 aromatic heterocycles. The van der Waals surface area contributed by atoms with Gasteiger partial charge in [-0.05, 0) is 30.7 Å². The molecule has 0 aliphatic carbocycles. The van der Waals surface area contributed by atoms with Crippen molar-refractivity contribution in [3.63, 3.8) is 0 Å². The van der Waals surface area contributed by atoms with E-state index in [0.29, 0.717) is 36.0 Å². The summed E-state index contributed by atoms with van der Waals surface area (Å²) >= 11 is 0. The van der Waals surface area contributed by atoms with Crippen LogP contribution in [0.5, 0.6) is 5.75 Å². The minimum absolute atomic E-state index is 0.271. The van der Waals surface area contributed by atoms with Gasteiger partial charge in [0.1, 0.15) is 18.1 Å². The molecule has 2 rings (SSSR count). The number of ether oxygens (including phenoxy) is 2. The van der Waals surface area contributed by atoms with E-state index in [4.69, 9.17) is 15.2 Å². The predicted octanol–water partition coefficient (Wildman–Crippen LogP) is 2.18. The minimum atomic E-state index is -0.271. The number of nitrogens with one attached hydrogen (secondary N) is 2. The van der Waals surface area contributed by atoms with E-state index in [0.717, 1.165) is 5.56 Å². The average molecular weight is 289 g/mol. The lowest BCUT2D eigenvalue weighted by molar-refractivity contribution is 0.102. The number of nitrogens with two attached hydrogens (primary N) is 1. The first-order chi connectivity index (χ1) is 10.1. The van der Waals surface area contributed by atoms with Gasteiger partial charge in [-0.25, -0.2) is 0 Å². The second-order valence-electron chi connectivity index (χ2n) is 4.64. The number of nitrogen functional groups attached to an aromatic ring is 1. The van der Waals surface area contributed by atoms with E-state index >= 15 is 0 Å². The molecule has 0 unspecified atom stereocenters. The van der Waals surface area contributed by atoms with Crippen molar-refractivity contribution >= 4 is 17.3 Å². The Morgan fingerprint density at radius 2 is 2.14 bits per heavy atom. The summed E-state index contributed by atoms with van der Waals surface area (Å²) in [5, 5.41) is 2.80. The number of H-pyrrole nitrogens is 1. The lowest BCUT2D eigenvalue weighted by atomic mass is 10.2. The molecule has 0 saturated heterocycles. The highest BCUT2D eigenvalue weighted by Gasteiger charge is 2.11. The van der Waals surface area contributed by atoms with E-state index < -0.39 is 0 Å². The fraction of sp³-hybridized carbons (Fsp3) is 0.267. The van der Waals surface area contributed by atoms with Crippen molar-refractivity contribution in [2.24, 2.45) is 0 Å². The smallest absolute Gasteiger partial charge is 0.272 e. The van der Waals surface area contributed by atoms with Gasteiger partial charge in [-0.3, -0.25) is 4.79 Å². The Kier molecular flexibility index (Phi) is 4.84. The number of hydrogen-bond donors (Lipinski definition) is 3. The van der Waals surface area contributed by atoms with Crippen LogP contribution in [0.25, 0.3) is 0 Å². The maximum absolute atomic E-state index is 12.1. The van der Waals surface area contributed by atoms with Crippen LogP contribution in [0.2, 0.25) is 0 Å². The maximum atomic E-state index is 12.1. The van der Waals surface area contributed by atoms with Crippen LogP contribution in [0.3, 0.4) is 0 Å². The zero-order chi connectivity index (χ0) is 15.2. The summed E-state index contributed by atoms with van der Waals surface area (Å²) in [7, 11) is 1.61. The Labute approximate surface area is 123 Å². The third kappa shape index (κ3) is 4.00. The summed E-state index contributed by atoms with van der Waals surface area (Å²) in [6, 6.07) is 7.16. The molecule has 0 radical (unpaired) electrons. The second kappa shape index (κ2) is 6.81. The van der Waals surface area contributed by atoms with Gasteiger partial charge in [-0.1, -0.05) is 6.07 Å². The number of methoxy groups -OCH3 is 1. The normalized spacial score (nSPS) is 10.4. The molecule has 0 bridgehead atoms. The van der Waals surface area contributed by atoms with Crippen LogP contribution < -0.4 is 15.8 Å². The third-order valence-corrected chi connectivity index (χ3v) is 2.88. The summed E-state index contributed by atoms with van der Waals surface area (Å²) in [5.74, 6) is 0.340. The predicted molar refractivity (Wildman–Crippen MR) is 81.7 cm³/mol. The van der Waals surface area contributed by atoms with Crippen molar-refractivity contribution in [1.29, 1.82) is 0 Å². The highest BCUT2D eigenvalue weighted by atomic mass is 16.5. The number of benzene rings is 1. The molecule has 21 heavy (non-hydrogen) atoms. The first-order valence-electron chi connectivity index (χ1n) is 6.58. The Hall–Kier alpha value is -2.47. The number of amides is 1. The molecule has 1 aromatic carbocycles. The number of aromatic amines is 1. The van der Waals surface area contributed by atoms with E-state index in [1.165, 1.54) is 0 Å². The van der Waals surface area contributed by atoms with Gasteiger partial charge in [-0.15, -0.1) is 0 Å². The Bertz CT molecular complexity index is 622. The van der Waals surface area contributed by atoms with E-state index in [-0.39, 0.29) is 5.91 Å². The Morgan fingerprint density at radius 1 is 1.33 bits per heavy atom. The zero-order valence-corrected chi connectivity index (χ0v) is 12.1. The van der Waals surface area contributed by atoms with Gasteiger partial charge in [0, 0.05) is 19.0 Å². The number of aromatic nitrogens is 1. The Morgan fingerprint density at radius 3 is 2.81 bits per heavy atom. The minimum Gasteiger partial charge on any atom is -0.489 e. The molecule has 0 atom stereocenters. The van der Waals surface area contributed by atoms with Crippen LogP contribution in [0.1, 0.15) is 16.1 Å². The molecule has 6 nitrogen and oxygen atoms in total. The molecule has 6 heteroatoms. The highest BCUT2D eigenvalue weighted by Crippen LogP contribution is 2.26. The van der Waals surface area contributed by atoms with Gasteiger partial charge in [0.25, 0.3) is 5.91 Å². The SMILES string of the molecule is COCCOc1cc(C)ccc1NC(=O)c1cc(N)c[nH]1. The molecular weight excluding hydrogens is 270 g/mol. The number of rotatable bonds is 6. The van der Waals surface area contributed by atoms with E-state index in [2.05, 4.69) is 10.3 Å². The van der Waals surface area contributed by atoms with Gasteiger partial charge in [0.05, 0.1) is 12.3 Å². The molecule has 0 fully saturated rings. The van der Waals surface area contributed by atoms with Gasteiger partial charge >= 0.3 is 0 Å². The number of hydrogen-bond acceptors (Lipinski definition) is 4. The van der Waals surface area contributed by atoms with Crippen LogP contribution in [-0.2, 0) is 4.74 Å². The zero-order valence-electron chi connectivity index (χ0n) is 12.1. The highest BCUT2D eigenvalue weighted by molar-refractivity contribution is 6.04. The van der Waals surface area contributed by atoms with Gasteiger partial charge < -0.3 is 25.5 Å². The summed E-state index contributed by atoms with van der Waals surface area (Å²) in [6.07, 6.45) is 1.57. The molecule has 2 aromatic rings. The number of carbonyl (C=O) groups is 1. The summed E-state index contributed by atoms with van der Waals surface area (Å²) in [5.41, 5.74) is 8.16. The molecule has 0 aliphatic heterocycles. The molecule has 0 saturated carbocycles. The van der Waals surface area contributed by atoms with Crippen LogP contribution in [0.4, 0.5) is 11.4 Å². The monoisotopic (exact) mass is 289 g/mol. The van der Waals surface area contributed by atoms with Crippen LogP contribution in [-0.4, -0.2) is 31.2 Å². The van der Waals surface area contributed by atoms with E-state index in [9.17, 15) is 4.79 Å². The van der Waals surface area contributed by atoms with Crippen LogP contribution >= 0.6 is 0 Å². The second-order valence-corrected chi connectivity index (χ2v) is 4.64. The topological polar surface area (TPSA) is 89.4 Å². The standard InChI is InChI=1S/C15H19N3O3/c1-10-3-4-12(14(7-10)21-6-5-20-2)18-15(19)13-8-11(16)9-17-13/h3-4,7-9,17H,5-6,16H2,1-2H3,(H,18,19). The summed E-state index contributed by atoms with van der Waals surface area (Å²) in [4.78, 5) is 14.9. The van der Waals surface area contributed by atoms with Crippen LogP contribution in [0, 0.1) is 6.92 Å². The van der Waals surface area contributed by atoms with Gasteiger partial charge in [-0.2, -0.15) is 0 Å². The molecule has 4 N–H and O–H groups in total. The van der Waals surface area contributed by atoms with Crippen LogP contribution in [0.15, 0.2) is 30.5 Å². The molecule has 112 valence electrons. The lowest BCUT2D eigenvalue weighted by Crippen LogP contribution is -2.14. The first-order valence-corrected chi connectivity index (χ1v) is 6.58. The van der Waals surface area contributed by atoms with Crippen molar-refractivity contribution in [2.45, 2.75) is 6.92 Å². The average Bonchev–Trinajstić information content (AvgIpc) is 2.88. The number of aryl methyl sites for hydroxylation is 1. The molecule has 0 spiro atoms. The summed E-state index contributed by atoms with van der Waals surface area (Å²) < 4.78 is 10.6. The van der Waals surface area contributed by atoms with E-state index in [1.807, 2.05) is 25.1 Å². The lowest BCUT2D eigenvalue weighted by Gasteiger charge is -2.13. The van der Waals surface area contributed by atoms with Crippen molar-refractivity contribution in [3.05, 3.63) is 41.7 Å². The Balaban J connectivity index is 2.13. The van der Waals surface area contributed by atoms with Crippen molar-refractivity contribution in [1.82, 2.24) is 4.98 Å². The molecular formula is C15H19N3O3. The fourth-order valence-corrected chi connectivity index (χ4v) is 1.82. The fourth-order valence-electron chi connectivity index (χ4n) is 1.82. The number of carbonyl (C=O) groups excluding carboxylic acids is 1. The first kappa shape index (κ1) is 14.9. The molecule has 1 heterocycles.